The van der Waals surface area contributed by atoms with Crippen LogP contribution in [0, 0.1) is 17.3 Å². The minimum Gasteiger partial charge on any atom is -0.292 e. The molecule has 1 fully saturated rings. The lowest BCUT2D eigenvalue weighted by Gasteiger charge is -2.28. The van der Waals surface area contributed by atoms with Crippen molar-refractivity contribution < 1.29 is 13.6 Å². The fourth-order valence-corrected chi connectivity index (χ4v) is 2.85. The molecule has 4 nitrogen and oxygen atoms in total. The maximum atomic E-state index is 13.2. The highest BCUT2D eigenvalue weighted by Gasteiger charge is 2.37. The number of halogens is 2. The molecule has 1 aliphatic carbocycles. The van der Waals surface area contributed by atoms with E-state index < -0.39 is 24.5 Å². The third-order valence-corrected chi connectivity index (χ3v) is 4.59. The van der Waals surface area contributed by atoms with Crippen molar-refractivity contribution >= 4 is 11.5 Å². The van der Waals surface area contributed by atoms with E-state index in [-0.39, 0.29) is 11.6 Å². The first-order valence-corrected chi connectivity index (χ1v) is 7.75. The van der Waals surface area contributed by atoms with Gasteiger partial charge >= 0.3 is 0 Å². The number of carbonyl (C=O) groups excluding carboxylic acids is 1. The van der Waals surface area contributed by atoms with Crippen LogP contribution in [0.1, 0.15) is 39.5 Å². The molecule has 2 rings (SSSR count). The summed E-state index contributed by atoms with van der Waals surface area (Å²) in [5.41, 5.74) is -1.43. The van der Waals surface area contributed by atoms with Crippen molar-refractivity contribution in [2.75, 3.05) is 13.3 Å². The van der Waals surface area contributed by atoms with Gasteiger partial charge in [-0.25, -0.2) is 18.4 Å². The molecule has 22 heavy (non-hydrogen) atoms. The highest BCUT2D eigenvalue weighted by molar-refractivity contribution is 6.17. The number of hydrogen-bond acceptors (Lipinski definition) is 3. The van der Waals surface area contributed by atoms with Crippen LogP contribution in [-0.2, 0) is 4.79 Å². The second kappa shape index (κ2) is 7.11. The molecular weight excluding hydrogens is 288 g/mol. The summed E-state index contributed by atoms with van der Waals surface area (Å²) >= 11 is 0. The highest BCUT2D eigenvalue weighted by Crippen LogP contribution is 2.33. The first-order chi connectivity index (χ1) is 10.5. The number of aromatic nitrogens is 3. The zero-order valence-corrected chi connectivity index (χ0v) is 13.1. The van der Waals surface area contributed by atoms with Gasteiger partial charge in [0.25, 0.3) is 0 Å². The molecule has 122 valence electrons. The predicted molar refractivity (Wildman–Crippen MR) is 80.5 cm³/mol. The molecule has 0 aliphatic heterocycles. The second-order valence-electron chi connectivity index (χ2n) is 6.47. The van der Waals surface area contributed by atoms with Gasteiger partial charge in [-0.1, -0.05) is 32.3 Å². The summed E-state index contributed by atoms with van der Waals surface area (Å²) < 4.78 is 27.8. The zero-order chi connectivity index (χ0) is 16.2. The molecule has 0 aromatic carbocycles. The predicted octanol–water partition coefficient (Wildman–Crippen LogP) is 3.46. The highest BCUT2D eigenvalue weighted by atomic mass is 19.1. The Bertz CT molecular complexity index is 524. The Hall–Kier alpha value is -1.59. The number of nitrogens with zero attached hydrogens (tertiary/aromatic N) is 3. The largest absolute Gasteiger partial charge is 0.292 e. The van der Waals surface area contributed by atoms with Gasteiger partial charge in [0.2, 0.25) is 0 Å². The van der Waals surface area contributed by atoms with Gasteiger partial charge in [0.05, 0.1) is 5.41 Å². The molecule has 2 atom stereocenters. The van der Waals surface area contributed by atoms with E-state index >= 15 is 0 Å². The Labute approximate surface area is 129 Å². The van der Waals surface area contributed by atoms with Crippen molar-refractivity contribution in [1.29, 1.82) is 0 Å². The van der Waals surface area contributed by atoms with Crippen LogP contribution >= 0.6 is 0 Å². The molecule has 0 unspecified atom stereocenters. The Morgan fingerprint density at radius 2 is 2.05 bits per heavy atom. The third kappa shape index (κ3) is 3.42. The van der Waals surface area contributed by atoms with E-state index in [0.717, 1.165) is 19.3 Å². The molecule has 1 aromatic heterocycles. The summed E-state index contributed by atoms with van der Waals surface area (Å²) in [5, 5.41) is 3.98. The van der Waals surface area contributed by atoms with Crippen molar-refractivity contribution in [2.45, 2.75) is 39.5 Å². The lowest BCUT2D eigenvalue weighted by molar-refractivity contribution is -0.124. The van der Waals surface area contributed by atoms with E-state index in [1.807, 2.05) is 6.08 Å². The lowest BCUT2D eigenvalue weighted by Crippen LogP contribution is -2.35. The van der Waals surface area contributed by atoms with Crippen molar-refractivity contribution in [3.63, 3.8) is 0 Å². The molecule has 0 spiro atoms. The number of hydrogen-bond donors (Lipinski definition) is 0. The van der Waals surface area contributed by atoms with Crippen LogP contribution in [-0.4, -0.2) is 33.9 Å². The van der Waals surface area contributed by atoms with Crippen molar-refractivity contribution in [2.24, 2.45) is 17.3 Å². The maximum Gasteiger partial charge on any atom is 0.192 e. The first-order valence-electron chi connectivity index (χ1n) is 7.75. The van der Waals surface area contributed by atoms with E-state index in [4.69, 9.17) is 0 Å². The topological polar surface area (TPSA) is 47.8 Å². The van der Waals surface area contributed by atoms with Gasteiger partial charge in [0, 0.05) is 0 Å². The Morgan fingerprint density at radius 3 is 2.59 bits per heavy atom. The van der Waals surface area contributed by atoms with E-state index in [0.29, 0.717) is 5.92 Å². The molecule has 6 heteroatoms. The van der Waals surface area contributed by atoms with Gasteiger partial charge in [-0.2, -0.15) is 5.10 Å². The molecule has 0 N–H and O–H groups in total. The standard InChI is InChI=1S/C16H23F2N3O/c1-12-5-3-4-6-13(12)7-14(21-11-19-10-20-21)15(22)16(2,8-17)9-18/h7,10-13H,3-6,8-9H2,1-2H3/b14-7-/t12-,13-/m1/s1. The number of Topliss-reactive ketones (excluding diaryl/α,β-unsaturated/α-hetero) is 1. The Balaban J connectivity index is 2.37. The smallest absolute Gasteiger partial charge is 0.192 e. The third-order valence-electron chi connectivity index (χ3n) is 4.59. The normalized spacial score (nSPS) is 23.5. The number of allylic oxidation sites excluding steroid dienone is 2. The second-order valence-corrected chi connectivity index (χ2v) is 6.47. The fraction of sp³-hybridized carbons (Fsp3) is 0.688. The quantitative estimate of drug-likeness (QED) is 0.756. The van der Waals surface area contributed by atoms with Crippen molar-refractivity contribution in [3.05, 3.63) is 18.7 Å². The number of carbonyl (C=O) groups is 1. The summed E-state index contributed by atoms with van der Waals surface area (Å²) in [4.78, 5) is 16.5. The van der Waals surface area contributed by atoms with Crippen LogP contribution in [0.5, 0.6) is 0 Å². The monoisotopic (exact) mass is 311 g/mol. The van der Waals surface area contributed by atoms with E-state index in [1.165, 1.54) is 30.7 Å². The van der Waals surface area contributed by atoms with Gasteiger partial charge in [0.1, 0.15) is 31.7 Å². The summed E-state index contributed by atoms with van der Waals surface area (Å²) in [6, 6.07) is 0. The molecule has 0 bridgehead atoms. The molecular formula is C16H23F2N3O. The first kappa shape index (κ1) is 16.8. The maximum absolute atomic E-state index is 13.2. The summed E-state index contributed by atoms with van der Waals surface area (Å²) in [5.74, 6) is 0.114. The molecule has 1 heterocycles. The minimum absolute atomic E-state index is 0.223. The average molecular weight is 311 g/mol. The minimum atomic E-state index is -1.66. The van der Waals surface area contributed by atoms with Gasteiger partial charge in [-0.3, -0.25) is 4.79 Å². The number of alkyl halides is 2. The van der Waals surface area contributed by atoms with Crippen LogP contribution in [0.2, 0.25) is 0 Å². The van der Waals surface area contributed by atoms with Crippen LogP contribution in [0.25, 0.3) is 5.70 Å². The lowest BCUT2D eigenvalue weighted by atomic mass is 9.78. The van der Waals surface area contributed by atoms with Crippen molar-refractivity contribution in [1.82, 2.24) is 14.8 Å². The van der Waals surface area contributed by atoms with Crippen molar-refractivity contribution in [3.8, 4) is 0 Å². The zero-order valence-electron chi connectivity index (χ0n) is 13.1. The summed E-state index contributed by atoms with van der Waals surface area (Å²) in [6.45, 7) is 1.39. The van der Waals surface area contributed by atoms with Crippen LogP contribution < -0.4 is 0 Å². The fourth-order valence-electron chi connectivity index (χ4n) is 2.85. The summed E-state index contributed by atoms with van der Waals surface area (Å²) in [7, 11) is 0. The van der Waals surface area contributed by atoms with Crippen LogP contribution in [0.3, 0.4) is 0 Å². The van der Waals surface area contributed by atoms with Crippen LogP contribution in [0.15, 0.2) is 18.7 Å². The van der Waals surface area contributed by atoms with Crippen LogP contribution in [0.4, 0.5) is 8.78 Å². The Kier molecular flexibility index (Phi) is 5.42. The molecule has 1 saturated carbocycles. The van der Waals surface area contributed by atoms with Gasteiger partial charge < -0.3 is 0 Å². The van der Waals surface area contributed by atoms with Gasteiger partial charge in [0.15, 0.2) is 5.78 Å². The van der Waals surface area contributed by atoms with E-state index in [2.05, 4.69) is 17.0 Å². The molecule has 0 amide bonds. The van der Waals surface area contributed by atoms with E-state index in [9.17, 15) is 13.6 Å². The van der Waals surface area contributed by atoms with Gasteiger partial charge in [-0.05, 0) is 25.2 Å². The van der Waals surface area contributed by atoms with Gasteiger partial charge in [-0.15, -0.1) is 0 Å². The summed E-state index contributed by atoms with van der Waals surface area (Å²) in [6.07, 6.45) is 8.92. The molecule has 1 aromatic rings. The van der Waals surface area contributed by atoms with E-state index in [1.54, 1.807) is 0 Å². The number of ketones is 1. The average Bonchev–Trinajstić information content (AvgIpc) is 3.07. The Morgan fingerprint density at radius 1 is 1.36 bits per heavy atom. The SMILES string of the molecule is C[C@@H]1CCCC[C@@H]1/C=C(/C(=O)C(C)(CF)CF)n1cncn1. The molecule has 1 aliphatic rings. The molecule has 0 radical (unpaired) electrons. The molecule has 0 saturated heterocycles. The number of rotatable bonds is 6.